The van der Waals surface area contributed by atoms with Crippen molar-refractivity contribution in [3.63, 3.8) is 0 Å². The first-order valence-corrected chi connectivity index (χ1v) is 2.40. The van der Waals surface area contributed by atoms with E-state index < -0.39 is 0 Å². The van der Waals surface area contributed by atoms with Crippen LogP contribution in [0, 0.1) is 7.11 Å². The van der Waals surface area contributed by atoms with Crippen molar-refractivity contribution < 1.29 is 56.1 Å². The Kier molecular flexibility index (Phi) is 5.84. The van der Waals surface area contributed by atoms with Gasteiger partial charge in [0.2, 0.25) is 0 Å². The molecule has 0 radical (unpaired) electrons. The van der Waals surface area contributed by atoms with Gasteiger partial charge in [-0.3, -0.25) is 0 Å². The van der Waals surface area contributed by atoms with Gasteiger partial charge in [0.25, 0.3) is 0 Å². The SMILES string of the molecule is [CH2-]Oc1ccccc1.[K+]. The van der Waals surface area contributed by atoms with Crippen molar-refractivity contribution in [3.05, 3.63) is 37.4 Å². The minimum absolute atomic E-state index is 0. The first-order chi connectivity index (χ1) is 3.93. The maximum atomic E-state index is 4.66. The molecule has 0 saturated heterocycles. The minimum atomic E-state index is 0. The predicted octanol–water partition coefficient (Wildman–Crippen LogP) is -1.14. The summed E-state index contributed by atoms with van der Waals surface area (Å²) in [6, 6.07) is 9.45. The van der Waals surface area contributed by atoms with Crippen LogP contribution in [0.1, 0.15) is 0 Å². The van der Waals surface area contributed by atoms with Crippen LogP contribution in [0.25, 0.3) is 0 Å². The maximum Gasteiger partial charge on any atom is 1.00 e. The molecule has 0 aromatic heterocycles. The van der Waals surface area contributed by atoms with E-state index in [9.17, 15) is 0 Å². The Morgan fingerprint density at radius 2 is 1.67 bits per heavy atom. The number of ether oxygens (including phenoxy) is 1. The monoisotopic (exact) mass is 146 g/mol. The fourth-order valence-electron chi connectivity index (χ4n) is 0.517. The van der Waals surface area contributed by atoms with Gasteiger partial charge < -0.3 is 4.74 Å². The molecular formula is C7H7KO. The van der Waals surface area contributed by atoms with Gasteiger partial charge in [-0.05, 0) is 12.1 Å². The van der Waals surface area contributed by atoms with Crippen molar-refractivity contribution >= 4 is 0 Å². The average Bonchev–Trinajstić information content (AvgIpc) is 1.90. The number of hydrogen-bond acceptors (Lipinski definition) is 1. The zero-order valence-electron chi connectivity index (χ0n) is 5.50. The topological polar surface area (TPSA) is 9.23 Å². The summed E-state index contributed by atoms with van der Waals surface area (Å²) in [4.78, 5) is 0. The molecule has 0 spiro atoms. The fourth-order valence-corrected chi connectivity index (χ4v) is 0.517. The van der Waals surface area contributed by atoms with E-state index in [1.54, 1.807) is 0 Å². The van der Waals surface area contributed by atoms with E-state index in [1.165, 1.54) is 0 Å². The summed E-state index contributed by atoms with van der Waals surface area (Å²) in [7, 11) is 3.26. The third-order valence-corrected chi connectivity index (χ3v) is 0.910. The van der Waals surface area contributed by atoms with Gasteiger partial charge in [-0.2, -0.15) is 7.11 Å². The van der Waals surface area contributed by atoms with Crippen LogP contribution in [0.15, 0.2) is 30.3 Å². The van der Waals surface area contributed by atoms with Crippen LogP contribution in [0.2, 0.25) is 0 Å². The molecule has 1 rings (SSSR count). The van der Waals surface area contributed by atoms with Crippen LogP contribution < -0.4 is 56.1 Å². The van der Waals surface area contributed by atoms with Crippen molar-refractivity contribution in [2.24, 2.45) is 0 Å². The first kappa shape index (κ1) is 9.66. The Morgan fingerprint density at radius 3 is 2.00 bits per heavy atom. The number of hydrogen-bond donors (Lipinski definition) is 0. The largest absolute Gasteiger partial charge is 1.00 e. The van der Waals surface area contributed by atoms with E-state index >= 15 is 0 Å². The summed E-state index contributed by atoms with van der Waals surface area (Å²) < 4.78 is 4.66. The summed E-state index contributed by atoms with van der Waals surface area (Å²) in [6.07, 6.45) is 0. The molecule has 0 N–H and O–H groups in total. The number of para-hydroxylation sites is 1. The van der Waals surface area contributed by atoms with Crippen LogP contribution in [-0.2, 0) is 0 Å². The third kappa shape index (κ3) is 3.38. The second kappa shape index (κ2) is 5.44. The number of rotatable bonds is 1. The van der Waals surface area contributed by atoms with E-state index in [-0.39, 0.29) is 51.4 Å². The summed E-state index contributed by atoms with van der Waals surface area (Å²) in [6.45, 7) is 0. The van der Waals surface area contributed by atoms with Crippen molar-refractivity contribution in [1.29, 1.82) is 0 Å². The molecule has 1 aromatic carbocycles. The standard InChI is InChI=1S/C7H7O.K/c1-8-7-5-3-2-4-6-7;/h2-6H,1H2;/q-1;+1. The Labute approximate surface area is 97.8 Å². The van der Waals surface area contributed by atoms with Crippen molar-refractivity contribution in [2.45, 2.75) is 0 Å². The van der Waals surface area contributed by atoms with Gasteiger partial charge in [-0.25, -0.2) is 0 Å². The summed E-state index contributed by atoms with van der Waals surface area (Å²) >= 11 is 0. The van der Waals surface area contributed by atoms with Crippen LogP contribution in [0.3, 0.4) is 0 Å². The van der Waals surface area contributed by atoms with Gasteiger partial charge in [0.15, 0.2) is 0 Å². The molecule has 0 unspecified atom stereocenters. The summed E-state index contributed by atoms with van der Waals surface area (Å²) in [5, 5.41) is 0. The zero-order valence-corrected chi connectivity index (χ0v) is 8.63. The number of benzene rings is 1. The van der Waals surface area contributed by atoms with E-state index in [1.807, 2.05) is 30.3 Å². The van der Waals surface area contributed by atoms with Crippen molar-refractivity contribution in [2.75, 3.05) is 0 Å². The zero-order chi connectivity index (χ0) is 5.82. The van der Waals surface area contributed by atoms with E-state index in [2.05, 4.69) is 11.8 Å². The van der Waals surface area contributed by atoms with Gasteiger partial charge >= 0.3 is 51.4 Å². The van der Waals surface area contributed by atoms with E-state index in [0.717, 1.165) is 5.75 Å². The fraction of sp³-hybridized carbons (Fsp3) is 0. The first-order valence-electron chi connectivity index (χ1n) is 2.40. The molecule has 1 nitrogen and oxygen atoms in total. The molecule has 9 heavy (non-hydrogen) atoms. The molecule has 0 fully saturated rings. The molecular weight excluding hydrogens is 139 g/mol. The van der Waals surface area contributed by atoms with Gasteiger partial charge in [0.1, 0.15) is 0 Å². The van der Waals surface area contributed by atoms with E-state index in [4.69, 9.17) is 0 Å². The molecule has 0 aliphatic rings. The van der Waals surface area contributed by atoms with Gasteiger partial charge in [-0.1, -0.05) is 18.2 Å². The van der Waals surface area contributed by atoms with Gasteiger partial charge in [-0.15, -0.1) is 0 Å². The molecule has 0 bridgehead atoms. The van der Waals surface area contributed by atoms with Crippen LogP contribution in [-0.4, -0.2) is 0 Å². The molecule has 0 aliphatic heterocycles. The molecule has 0 saturated carbocycles. The molecule has 2 heteroatoms. The minimum Gasteiger partial charge on any atom is -0.665 e. The predicted molar refractivity (Wildman–Crippen MR) is 32.4 cm³/mol. The Hall–Kier alpha value is 0.656. The van der Waals surface area contributed by atoms with Gasteiger partial charge in [0.05, 0.1) is 5.75 Å². The molecule has 1 aromatic rings. The molecule has 42 valence electrons. The summed E-state index contributed by atoms with van der Waals surface area (Å²) in [5.74, 6) is 0.799. The van der Waals surface area contributed by atoms with Crippen molar-refractivity contribution in [1.82, 2.24) is 0 Å². The second-order valence-electron chi connectivity index (χ2n) is 1.46. The maximum absolute atomic E-state index is 4.66. The Bertz CT molecular complexity index is 150. The Morgan fingerprint density at radius 1 is 1.11 bits per heavy atom. The normalized spacial score (nSPS) is 7.67. The summed E-state index contributed by atoms with van der Waals surface area (Å²) in [5.41, 5.74) is 0. The van der Waals surface area contributed by atoms with Crippen molar-refractivity contribution in [3.8, 4) is 5.75 Å². The Balaban J connectivity index is 0.000000640. The molecule has 0 heterocycles. The second-order valence-corrected chi connectivity index (χ2v) is 1.46. The third-order valence-electron chi connectivity index (χ3n) is 0.910. The molecule has 0 aliphatic carbocycles. The van der Waals surface area contributed by atoms with E-state index in [0.29, 0.717) is 0 Å². The molecule has 0 atom stereocenters. The van der Waals surface area contributed by atoms with Crippen LogP contribution in [0.4, 0.5) is 0 Å². The van der Waals surface area contributed by atoms with Crippen LogP contribution >= 0.6 is 0 Å². The molecule has 0 amide bonds. The smallest absolute Gasteiger partial charge is 0.665 e. The van der Waals surface area contributed by atoms with Crippen LogP contribution in [0.5, 0.6) is 5.75 Å². The quantitative estimate of drug-likeness (QED) is 0.359. The average molecular weight is 146 g/mol. The van der Waals surface area contributed by atoms with Gasteiger partial charge in [0, 0.05) is 0 Å².